The maximum atomic E-state index is 8.72. The van der Waals surface area contributed by atoms with Crippen molar-refractivity contribution in [2.45, 2.75) is 37.0 Å². The Balaban J connectivity index is 2.00. The number of rotatable bonds is 4. The number of aryl methyl sites for hydroxylation is 2. The molecule has 0 amide bonds. The average molecular weight is 222 g/mol. The van der Waals surface area contributed by atoms with Crippen LogP contribution in [0.3, 0.4) is 0 Å². The van der Waals surface area contributed by atoms with Crippen molar-refractivity contribution >= 4 is 11.8 Å². The standard InChI is InChI=1S/C13H18OS/c14-8-3-9-15-13-7-6-11-4-1-2-5-12(11)10-13/h6-7,10,14H,1-5,8-9H2. The summed E-state index contributed by atoms with van der Waals surface area (Å²) >= 11 is 1.86. The first kappa shape index (κ1) is 11.0. The molecule has 1 aliphatic rings. The molecule has 0 saturated heterocycles. The highest BCUT2D eigenvalue weighted by Gasteiger charge is 2.09. The van der Waals surface area contributed by atoms with Gasteiger partial charge in [-0.05, 0) is 55.4 Å². The summed E-state index contributed by atoms with van der Waals surface area (Å²) in [6.07, 6.45) is 6.10. The van der Waals surface area contributed by atoms with Crippen LogP contribution in [0.15, 0.2) is 23.1 Å². The number of hydrogen-bond acceptors (Lipinski definition) is 2. The lowest BCUT2D eigenvalue weighted by molar-refractivity contribution is 0.296. The molecule has 1 aromatic carbocycles. The van der Waals surface area contributed by atoms with E-state index >= 15 is 0 Å². The largest absolute Gasteiger partial charge is 0.396 e. The quantitative estimate of drug-likeness (QED) is 0.624. The van der Waals surface area contributed by atoms with Gasteiger partial charge in [0.2, 0.25) is 0 Å². The molecule has 0 spiro atoms. The zero-order chi connectivity index (χ0) is 10.5. The van der Waals surface area contributed by atoms with Crippen LogP contribution in [0.1, 0.15) is 30.4 Å². The smallest absolute Gasteiger partial charge is 0.0439 e. The van der Waals surface area contributed by atoms with E-state index in [0.717, 1.165) is 12.2 Å². The Labute approximate surface area is 95.9 Å². The molecule has 0 unspecified atom stereocenters. The van der Waals surface area contributed by atoms with Gasteiger partial charge in [-0.15, -0.1) is 11.8 Å². The number of hydrogen-bond donors (Lipinski definition) is 1. The minimum atomic E-state index is 0.304. The Hall–Kier alpha value is -0.470. The number of benzene rings is 1. The van der Waals surface area contributed by atoms with Crippen LogP contribution in [0.2, 0.25) is 0 Å². The number of aliphatic hydroxyl groups is 1. The summed E-state index contributed by atoms with van der Waals surface area (Å²) in [5.41, 5.74) is 3.10. The Morgan fingerprint density at radius 2 is 1.93 bits per heavy atom. The molecule has 0 aromatic heterocycles. The van der Waals surface area contributed by atoms with E-state index in [1.165, 1.54) is 30.6 Å². The molecule has 0 radical (unpaired) electrons. The third kappa shape index (κ3) is 2.99. The number of fused-ring (bicyclic) bond motifs is 1. The summed E-state index contributed by atoms with van der Waals surface area (Å²) in [7, 11) is 0. The van der Waals surface area contributed by atoms with E-state index in [0.29, 0.717) is 6.61 Å². The van der Waals surface area contributed by atoms with Gasteiger partial charge in [0.1, 0.15) is 0 Å². The van der Waals surface area contributed by atoms with Gasteiger partial charge in [0.25, 0.3) is 0 Å². The van der Waals surface area contributed by atoms with Crippen LogP contribution in [-0.2, 0) is 12.8 Å². The van der Waals surface area contributed by atoms with Gasteiger partial charge in [-0.3, -0.25) is 0 Å². The van der Waals surface area contributed by atoms with Gasteiger partial charge < -0.3 is 5.11 Å². The SMILES string of the molecule is OCCCSc1ccc2c(c1)CCCC2. The molecule has 0 heterocycles. The summed E-state index contributed by atoms with van der Waals surface area (Å²) < 4.78 is 0. The molecule has 2 heteroatoms. The van der Waals surface area contributed by atoms with Crippen LogP contribution in [0.25, 0.3) is 0 Å². The summed E-state index contributed by atoms with van der Waals surface area (Å²) in [4.78, 5) is 1.36. The molecule has 0 saturated carbocycles. The van der Waals surface area contributed by atoms with Crippen LogP contribution >= 0.6 is 11.8 Å². The predicted octanol–water partition coefficient (Wildman–Crippen LogP) is 3.04. The Morgan fingerprint density at radius 1 is 1.13 bits per heavy atom. The third-order valence-electron chi connectivity index (χ3n) is 2.89. The first-order valence-corrected chi connectivity index (χ1v) is 6.74. The Morgan fingerprint density at radius 3 is 2.73 bits per heavy atom. The van der Waals surface area contributed by atoms with E-state index in [1.807, 2.05) is 11.8 Å². The molecule has 0 fully saturated rings. The van der Waals surface area contributed by atoms with Gasteiger partial charge in [0.05, 0.1) is 0 Å². The topological polar surface area (TPSA) is 20.2 Å². The van der Waals surface area contributed by atoms with Crippen molar-refractivity contribution in [2.75, 3.05) is 12.4 Å². The van der Waals surface area contributed by atoms with Gasteiger partial charge in [-0.2, -0.15) is 0 Å². The Kier molecular flexibility index (Phi) is 4.09. The van der Waals surface area contributed by atoms with Crippen molar-refractivity contribution < 1.29 is 5.11 Å². The third-order valence-corrected chi connectivity index (χ3v) is 3.97. The lowest BCUT2D eigenvalue weighted by Crippen LogP contribution is -2.02. The van der Waals surface area contributed by atoms with Gasteiger partial charge in [0.15, 0.2) is 0 Å². The lowest BCUT2D eigenvalue weighted by Gasteiger charge is -2.16. The van der Waals surface area contributed by atoms with Gasteiger partial charge in [-0.25, -0.2) is 0 Å². The van der Waals surface area contributed by atoms with Crippen molar-refractivity contribution in [3.63, 3.8) is 0 Å². The van der Waals surface area contributed by atoms with Crippen molar-refractivity contribution in [3.8, 4) is 0 Å². The predicted molar refractivity (Wildman–Crippen MR) is 65.5 cm³/mol. The molecule has 15 heavy (non-hydrogen) atoms. The molecule has 82 valence electrons. The van der Waals surface area contributed by atoms with E-state index in [-0.39, 0.29) is 0 Å². The minimum absolute atomic E-state index is 0.304. The van der Waals surface area contributed by atoms with Crippen LogP contribution in [0.5, 0.6) is 0 Å². The second-order valence-corrected chi connectivity index (χ2v) is 5.23. The highest BCUT2D eigenvalue weighted by atomic mass is 32.2. The summed E-state index contributed by atoms with van der Waals surface area (Å²) in [6.45, 7) is 0.304. The Bertz CT molecular complexity index is 322. The van der Waals surface area contributed by atoms with Gasteiger partial charge >= 0.3 is 0 Å². The summed E-state index contributed by atoms with van der Waals surface area (Å²) in [5.74, 6) is 1.02. The molecule has 0 atom stereocenters. The van der Waals surface area contributed by atoms with Crippen molar-refractivity contribution in [3.05, 3.63) is 29.3 Å². The number of aliphatic hydroxyl groups excluding tert-OH is 1. The lowest BCUT2D eigenvalue weighted by atomic mass is 9.92. The molecule has 0 aliphatic heterocycles. The van der Waals surface area contributed by atoms with Crippen LogP contribution in [0.4, 0.5) is 0 Å². The fourth-order valence-electron chi connectivity index (χ4n) is 2.05. The monoisotopic (exact) mass is 222 g/mol. The van der Waals surface area contributed by atoms with E-state index in [2.05, 4.69) is 18.2 Å². The summed E-state index contributed by atoms with van der Waals surface area (Å²) in [6, 6.07) is 6.86. The van der Waals surface area contributed by atoms with Gasteiger partial charge in [-0.1, -0.05) is 6.07 Å². The first-order valence-electron chi connectivity index (χ1n) is 5.75. The van der Waals surface area contributed by atoms with Crippen molar-refractivity contribution in [1.82, 2.24) is 0 Å². The highest BCUT2D eigenvalue weighted by molar-refractivity contribution is 7.99. The van der Waals surface area contributed by atoms with E-state index in [9.17, 15) is 0 Å². The second-order valence-electron chi connectivity index (χ2n) is 4.06. The maximum absolute atomic E-state index is 8.72. The first-order chi connectivity index (χ1) is 7.40. The normalized spacial score (nSPS) is 15.0. The van der Waals surface area contributed by atoms with E-state index in [1.54, 1.807) is 11.1 Å². The highest BCUT2D eigenvalue weighted by Crippen LogP contribution is 2.27. The molecular formula is C13H18OS. The van der Waals surface area contributed by atoms with Crippen molar-refractivity contribution in [2.24, 2.45) is 0 Å². The zero-order valence-electron chi connectivity index (χ0n) is 9.04. The molecule has 1 aliphatic carbocycles. The fraction of sp³-hybridized carbons (Fsp3) is 0.538. The van der Waals surface area contributed by atoms with Crippen LogP contribution < -0.4 is 0 Å². The number of thioether (sulfide) groups is 1. The van der Waals surface area contributed by atoms with Crippen LogP contribution in [0, 0.1) is 0 Å². The van der Waals surface area contributed by atoms with E-state index in [4.69, 9.17) is 5.11 Å². The molecular weight excluding hydrogens is 204 g/mol. The van der Waals surface area contributed by atoms with Gasteiger partial charge in [0, 0.05) is 17.3 Å². The molecule has 1 aromatic rings. The molecule has 1 N–H and O–H groups in total. The maximum Gasteiger partial charge on any atom is 0.0439 e. The molecule has 0 bridgehead atoms. The zero-order valence-corrected chi connectivity index (χ0v) is 9.85. The van der Waals surface area contributed by atoms with E-state index < -0.39 is 0 Å². The van der Waals surface area contributed by atoms with Crippen molar-refractivity contribution in [1.29, 1.82) is 0 Å². The molecule has 1 nitrogen and oxygen atoms in total. The average Bonchev–Trinajstić information content (AvgIpc) is 2.29. The molecule has 2 rings (SSSR count). The second kappa shape index (κ2) is 5.57. The van der Waals surface area contributed by atoms with Crippen LogP contribution in [-0.4, -0.2) is 17.5 Å². The summed E-state index contributed by atoms with van der Waals surface area (Å²) in [5, 5.41) is 8.72. The minimum Gasteiger partial charge on any atom is -0.396 e. The fourth-order valence-corrected chi connectivity index (χ4v) is 2.95.